The summed E-state index contributed by atoms with van der Waals surface area (Å²) in [6, 6.07) is 2.38. The molecule has 7 heteroatoms. The van der Waals surface area contributed by atoms with E-state index in [4.69, 9.17) is 5.26 Å². The quantitative estimate of drug-likeness (QED) is 0.858. The zero-order chi connectivity index (χ0) is 15.4. The molecule has 2 heterocycles. The lowest BCUT2D eigenvalue weighted by Gasteiger charge is -2.21. The average molecular weight is 302 g/mol. The summed E-state index contributed by atoms with van der Waals surface area (Å²) in [6.07, 6.45) is 8.36. The van der Waals surface area contributed by atoms with Gasteiger partial charge in [-0.25, -0.2) is 4.98 Å². The van der Waals surface area contributed by atoms with Crippen LogP contribution in [0.5, 0.6) is 0 Å². The molecule has 1 saturated heterocycles. The van der Waals surface area contributed by atoms with Gasteiger partial charge in [0.2, 0.25) is 5.91 Å². The smallest absolute Gasteiger partial charge is 0.237 e. The van der Waals surface area contributed by atoms with E-state index in [0.717, 1.165) is 45.2 Å². The second-order valence-electron chi connectivity index (χ2n) is 6.25. The Morgan fingerprint density at radius 3 is 3.09 bits per heavy atom. The summed E-state index contributed by atoms with van der Waals surface area (Å²) >= 11 is 0. The zero-order valence-corrected chi connectivity index (χ0v) is 12.7. The van der Waals surface area contributed by atoms with E-state index in [9.17, 15) is 4.79 Å². The maximum Gasteiger partial charge on any atom is 0.237 e. The molecule has 0 bridgehead atoms. The molecule has 1 aliphatic heterocycles. The lowest BCUT2D eigenvalue weighted by Crippen LogP contribution is -2.42. The normalized spacial score (nSPS) is 28.0. The number of amides is 1. The van der Waals surface area contributed by atoms with Crippen molar-refractivity contribution in [2.75, 3.05) is 13.1 Å². The highest BCUT2D eigenvalue weighted by atomic mass is 16.2. The van der Waals surface area contributed by atoms with Crippen LogP contribution in [-0.2, 0) is 11.3 Å². The molecule has 0 spiro atoms. The monoisotopic (exact) mass is 302 g/mol. The third-order valence-electron chi connectivity index (χ3n) is 4.72. The van der Waals surface area contributed by atoms with Gasteiger partial charge in [0.15, 0.2) is 0 Å². The van der Waals surface area contributed by atoms with Crippen molar-refractivity contribution in [3.63, 3.8) is 0 Å². The van der Waals surface area contributed by atoms with E-state index in [2.05, 4.69) is 21.5 Å². The molecule has 22 heavy (non-hydrogen) atoms. The van der Waals surface area contributed by atoms with Crippen LogP contribution in [0.2, 0.25) is 0 Å². The number of rotatable bonds is 5. The first-order valence-corrected chi connectivity index (χ1v) is 8.01. The Morgan fingerprint density at radius 1 is 1.41 bits per heavy atom. The molecule has 3 rings (SSSR count). The summed E-state index contributed by atoms with van der Waals surface area (Å²) in [7, 11) is 0. The number of hydrogen-bond donors (Lipinski definition) is 1. The van der Waals surface area contributed by atoms with Crippen molar-refractivity contribution in [1.82, 2.24) is 25.0 Å². The summed E-state index contributed by atoms with van der Waals surface area (Å²) in [6.45, 7) is 1.96. The fraction of sp³-hybridized carbons (Fsp3) is 0.733. The number of nitrogens with one attached hydrogen (secondary N) is 1. The Balaban J connectivity index is 1.41. The van der Waals surface area contributed by atoms with Crippen molar-refractivity contribution in [3.8, 4) is 6.07 Å². The summed E-state index contributed by atoms with van der Waals surface area (Å²) in [4.78, 5) is 17.9. The first-order valence-electron chi connectivity index (χ1n) is 8.01. The lowest BCUT2D eigenvalue weighted by atomic mass is 10.1. The van der Waals surface area contributed by atoms with Crippen molar-refractivity contribution in [2.45, 2.75) is 50.7 Å². The van der Waals surface area contributed by atoms with E-state index in [0.29, 0.717) is 18.5 Å². The minimum Gasteiger partial charge on any atom is -0.326 e. The van der Waals surface area contributed by atoms with E-state index in [1.54, 1.807) is 17.6 Å². The van der Waals surface area contributed by atoms with Crippen LogP contribution in [-0.4, -0.2) is 50.7 Å². The molecule has 0 aromatic carbocycles. The number of carbonyl (C=O) groups excluding carboxylic acids is 1. The van der Waals surface area contributed by atoms with Gasteiger partial charge in [0, 0.05) is 19.1 Å². The van der Waals surface area contributed by atoms with E-state index < -0.39 is 0 Å². The van der Waals surface area contributed by atoms with Gasteiger partial charge in [-0.15, -0.1) is 0 Å². The van der Waals surface area contributed by atoms with Gasteiger partial charge in [0.25, 0.3) is 0 Å². The molecule has 7 nitrogen and oxygen atoms in total. The molecule has 1 amide bonds. The standard InChI is InChI=1S/C15H22N6O/c16-7-14-2-1-5-21(14)15(22)8-18-13-4-3-12(6-13)9-20-11-17-10-19-20/h10-14,18H,1-6,8-9H2/t12-,13-,14+/m1/s1. The molecule has 1 aliphatic carbocycles. The first-order chi connectivity index (χ1) is 10.8. The molecule has 1 aromatic heterocycles. The molecular formula is C15H22N6O. The lowest BCUT2D eigenvalue weighted by molar-refractivity contribution is -0.130. The largest absolute Gasteiger partial charge is 0.326 e. The van der Waals surface area contributed by atoms with Crippen molar-refractivity contribution in [3.05, 3.63) is 12.7 Å². The van der Waals surface area contributed by atoms with Crippen LogP contribution in [0.1, 0.15) is 32.1 Å². The van der Waals surface area contributed by atoms with Gasteiger partial charge in [0.1, 0.15) is 18.7 Å². The number of carbonyl (C=O) groups is 1. The average Bonchev–Trinajstić information content (AvgIpc) is 3.26. The van der Waals surface area contributed by atoms with E-state index >= 15 is 0 Å². The topological polar surface area (TPSA) is 86.8 Å². The number of nitrogens with zero attached hydrogens (tertiary/aromatic N) is 5. The number of likely N-dealkylation sites (tertiary alicyclic amines) is 1. The molecule has 2 aliphatic rings. The van der Waals surface area contributed by atoms with Crippen molar-refractivity contribution in [1.29, 1.82) is 5.26 Å². The van der Waals surface area contributed by atoms with Crippen LogP contribution in [0.25, 0.3) is 0 Å². The van der Waals surface area contributed by atoms with Crippen LogP contribution >= 0.6 is 0 Å². The minimum atomic E-state index is -0.224. The van der Waals surface area contributed by atoms with E-state index in [-0.39, 0.29) is 11.9 Å². The van der Waals surface area contributed by atoms with Gasteiger partial charge in [0.05, 0.1) is 12.6 Å². The second kappa shape index (κ2) is 6.88. The first kappa shape index (κ1) is 15.0. The maximum absolute atomic E-state index is 12.2. The highest BCUT2D eigenvalue weighted by Crippen LogP contribution is 2.26. The third kappa shape index (κ3) is 3.45. The van der Waals surface area contributed by atoms with Crippen LogP contribution in [0.3, 0.4) is 0 Å². The molecule has 1 aromatic rings. The van der Waals surface area contributed by atoms with Gasteiger partial charge in [-0.05, 0) is 38.0 Å². The summed E-state index contributed by atoms with van der Waals surface area (Å²) < 4.78 is 1.87. The van der Waals surface area contributed by atoms with Gasteiger partial charge >= 0.3 is 0 Å². The highest BCUT2D eigenvalue weighted by Gasteiger charge is 2.30. The van der Waals surface area contributed by atoms with E-state index in [1.165, 1.54) is 0 Å². The van der Waals surface area contributed by atoms with Gasteiger partial charge in [-0.2, -0.15) is 10.4 Å². The summed E-state index contributed by atoms with van der Waals surface area (Å²) in [5.41, 5.74) is 0. The Hall–Kier alpha value is -1.94. The third-order valence-corrected chi connectivity index (χ3v) is 4.72. The predicted octanol–water partition coefficient (Wildman–Crippen LogP) is 0.551. The fourth-order valence-corrected chi connectivity index (χ4v) is 3.55. The SMILES string of the molecule is N#C[C@@H]1CCCN1C(=O)CN[C@@H]1CC[C@@H](Cn2cncn2)C1. The number of hydrogen-bond acceptors (Lipinski definition) is 5. The van der Waals surface area contributed by atoms with Crippen molar-refractivity contribution >= 4 is 5.91 Å². The van der Waals surface area contributed by atoms with Crippen LogP contribution in [0, 0.1) is 17.2 Å². The summed E-state index contributed by atoms with van der Waals surface area (Å²) in [5, 5.41) is 16.6. The maximum atomic E-state index is 12.2. The molecular weight excluding hydrogens is 280 g/mol. The molecule has 0 unspecified atom stereocenters. The Bertz CT molecular complexity index is 537. The zero-order valence-electron chi connectivity index (χ0n) is 12.7. The van der Waals surface area contributed by atoms with Crippen molar-refractivity contribution < 1.29 is 4.79 Å². The van der Waals surface area contributed by atoms with Crippen LogP contribution in [0.15, 0.2) is 12.7 Å². The molecule has 0 radical (unpaired) electrons. The second-order valence-corrected chi connectivity index (χ2v) is 6.25. The van der Waals surface area contributed by atoms with Crippen molar-refractivity contribution in [2.24, 2.45) is 5.92 Å². The highest BCUT2D eigenvalue weighted by molar-refractivity contribution is 5.79. The fourth-order valence-electron chi connectivity index (χ4n) is 3.55. The Kier molecular flexibility index (Phi) is 4.68. The molecule has 3 atom stereocenters. The predicted molar refractivity (Wildman–Crippen MR) is 79.5 cm³/mol. The van der Waals surface area contributed by atoms with Gasteiger partial charge < -0.3 is 10.2 Å². The van der Waals surface area contributed by atoms with Gasteiger partial charge in [-0.1, -0.05) is 0 Å². The van der Waals surface area contributed by atoms with Gasteiger partial charge in [-0.3, -0.25) is 9.48 Å². The Labute approximate surface area is 130 Å². The minimum absolute atomic E-state index is 0.0591. The van der Waals surface area contributed by atoms with Crippen LogP contribution in [0.4, 0.5) is 0 Å². The molecule has 118 valence electrons. The molecule has 2 fully saturated rings. The molecule has 1 saturated carbocycles. The summed E-state index contributed by atoms with van der Waals surface area (Å²) in [5.74, 6) is 0.650. The molecule has 1 N–H and O–H groups in total. The number of nitriles is 1. The Morgan fingerprint density at radius 2 is 2.32 bits per heavy atom. The van der Waals surface area contributed by atoms with Crippen LogP contribution < -0.4 is 5.32 Å². The van der Waals surface area contributed by atoms with E-state index in [1.807, 2.05) is 4.68 Å². The number of aromatic nitrogens is 3.